The van der Waals surface area contributed by atoms with Gasteiger partial charge in [-0.2, -0.15) is 0 Å². The van der Waals surface area contributed by atoms with Gasteiger partial charge in [-0.15, -0.1) is 0 Å². The monoisotopic (exact) mass is 276 g/mol. The molecule has 3 nitrogen and oxygen atoms in total. The molecule has 0 amide bonds. The van der Waals surface area contributed by atoms with Crippen molar-refractivity contribution in [2.75, 3.05) is 14.2 Å². The Labute approximate surface area is 92.9 Å². The van der Waals surface area contributed by atoms with Crippen LogP contribution in [0.25, 0.3) is 0 Å². The molecule has 1 rings (SSSR count). The van der Waals surface area contributed by atoms with Crippen molar-refractivity contribution in [3.05, 3.63) is 6.42 Å². The second kappa shape index (κ2) is 5.40. The summed E-state index contributed by atoms with van der Waals surface area (Å²) in [6.07, 6.45) is 2.76. The van der Waals surface area contributed by atoms with Crippen molar-refractivity contribution in [1.82, 2.24) is 0 Å². The standard InChI is InChI=1S/C9H17O3.Rh/c1-7-5-9(2,11-4)6-8(10-3)12-7;/h5,7-8H,6H2,1-4H3;/q-1;/t7-,8+,9-;/m0./s1. The molecular weight excluding hydrogens is 259 g/mol. The van der Waals surface area contributed by atoms with Crippen molar-refractivity contribution >= 4 is 0 Å². The largest absolute Gasteiger partial charge is 0.410 e. The average molecular weight is 276 g/mol. The van der Waals surface area contributed by atoms with E-state index in [0.717, 1.165) is 6.42 Å². The fourth-order valence-electron chi connectivity index (χ4n) is 1.51. The second-order valence-corrected chi connectivity index (χ2v) is 3.39. The van der Waals surface area contributed by atoms with Gasteiger partial charge in [-0.05, 0) is 12.0 Å². The van der Waals surface area contributed by atoms with Gasteiger partial charge in [0.2, 0.25) is 0 Å². The van der Waals surface area contributed by atoms with Gasteiger partial charge in [0, 0.05) is 33.7 Å². The van der Waals surface area contributed by atoms with Crippen LogP contribution in [-0.2, 0) is 33.7 Å². The van der Waals surface area contributed by atoms with Crippen molar-refractivity contribution < 1.29 is 33.7 Å². The van der Waals surface area contributed by atoms with E-state index < -0.39 is 0 Å². The first-order valence-electron chi connectivity index (χ1n) is 4.19. The average Bonchev–Trinajstić information content (AvgIpc) is 2.03. The molecule has 0 saturated carbocycles. The Morgan fingerprint density at radius 2 is 2.08 bits per heavy atom. The Morgan fingerprint density at radius 1 is 1.46 bits per heavy atom. The minimum atomic E-state index is -0.210. The summed E-state index contributed by atoms with van der Waals surface area (Å²) < 4.78 is 16.0. The first-order valence-corrected chi connectivity index (χ1v) is 4.19. The van der Waals surface area contributed by atoms with Crippen LogP contribution in [0.1, 0.15) is 20.3 Å². The SMILES string of the molecule is CO[C@H]1C[C@@](C)(OC)[CH-][C@H](C)O1.[Rh]. The Bertz CT molecular complexity index is 154. The zero-order chi connectivity index (χ0) is 9.19. The van der Waals surface area contributed by atoms with Crippen molar-refractivity contribution in [3.63, 3.8) is 0 Å². The van der Waals surface area contributed by atoms with Crippen LogP contribution < -0.4 is 0 Å². The van der Waals surface area contributed by atoms with Gasteiger partial charge >= 0.3 is 0 Å². The first-order chi connectivity index (χ1) is 5.59. The predicted molar refractivity (Wildman–Crippen MR) is 45.7 cm³/mol. The molecular formula is C9H17O3Rh-. The third-order valence-electron chi connectivity index (χ3n) is 2.25. The summed E-state index contributed by atoms with van der Waals surface area (Å²) in [5.74, 6) is 0. The maximum Gasteiger partial charge on any atom is 0.154 e. The number of hydrogen-bond donors (Lipinski definition) is 0. The van der Waals surface area contributed by atoms with Gasteiger partial charge in [0.15, 0.2) is 6.29 Å². The molecule has 0 aromatic heterocycles. The number of rotatable bonds is 2. The van der Waals surface area contributed by atoms with Gasteiger partial charge < -0.3 is 14.2 Å². The van der Waals surface area contributed by atoms with Crippen molar-refractivity contribution in [1.29, 1.82) is 0 Å². The number of methoxy groups -OCH3 is 2. The molecule has 4 heteroatoms. The van der Waals surface area contributed by atoms with Crippen molar-refractivity contribution in [3.8, 4) is 0 Å². The molecule has 1 aliphatic rings. The van der Waals surface area contributed by atoms with E-state index >= 15 is 0 Å². The molecule has 1 aliphatic heterocycles. The Kier molecular flexibility index (Phi) is 5.61. The third-order valence-corrected chi connectivity index (χ3v) is 2.25. The number of ether oxygens (including phenoxy) is 3. The van der Waals surface area contributed by atoms with E-state index in [4.69, 9.17) is 14.2 Å². The summed E-state index contributed by atoms with van der Waals surface area (Å²) in [4.78, 5) is 0. The van der Waals surface area contributed by atoms with Crippen LogP contribution in [0.15, 0.2) is 0 Å². The van der Waals surface area contributed by atoms with E-state index in [2.05, 4.69) is 6.42 Å². The van der Waals surface area contributed by atoms with Gasteiger partial charge in [0.25, 0.3) is 0 Å². The molecule has 0 aliphatic carbocycles. The second-order valence-electron chi connectivity index (χ2n) is 3.39. The molecule has 0 bridgehead atoms. The van der Waals surface area contributed by atoms with Crippen molar-refractivity contribution in [2.45, 2.75) is 38.3 Å². The van der Waals surface area contributed by atoms with Crippen LogP contribution in [0.4, 0.5) is 0 Å². The molecule has 81 valence electrons. The van der Waals surface area contributed by atoms with E-state index in [0.29, 0.717) is 0 Å². The van der Waals surface area contributed by atoms with Crippen molar-refractivity contribution in [2.24, 2.45) is 0 Å². The quantitative estimate of drug-likeness (QED) is 0.563. The van der Waals surface area contributed by atoms with Crippen LogP contribution in [-0.4, -0.2) is 32.2 Å². The molecule has 0 aromatic rings. The first kappa shape index (κ1) is 13.5. The Hall–Kier alpha value is 0.503. The molecule has 1 fully saturated rings. The normalized spacial score (nSPS) is 39.7. The van der Waals surface area contributed by atoms with E-state index in [1.165, 1.54) is 0 Å². The molecule has 0 unspecified atom stereocenters. The summed E-state index contributed by atoms with van der Waals surface area (Å²) in [6, 6.07) is 0. The molecule has 13 heavy (non-hydrogen) atoms. The smallest absolute Gasteiger partial charge is 0.154 e. The number of hydrogen-bond acceptors (Lipinski definition) is 3. The molecule has 1 radical (unpaired) electrons. The molecule has 1 saturated heterocycles. The minimum Gasteiger partial charge on any atom is -0.410 e. The fourth-order valence-corrected chi connectivity index (χ4v) is 1.51. The minimum absolute atomic E-state index is 0. The van der Waals surface area contributed by atoms with Crippen LogP contribution in [0.5, 0.6) is 0 Å². The van der Waals surface area contributed by atoms with Crippen LogP contribution in [0.3, 0.4) is 0 Å². The van der Waals surface area contributed by atoms with Gasteiger partial charge in [-0.1, -0.05) is 20.0 Å². The van der Waals surface area contributed by atoms with Crippen LogP contribution in [0.2, 0.25) is 0 Å². The van der Waals surface area contributed by atoms with Crippen LogP contribution >= 0.6 is 0 Å². The summed E-state index contributed by atoms with van der Waals surface area (Å²) in [5, 5.41) is 0. The summed E-state index contributed by atoms with van der Waals surface area (Å²) >= 11 is 0. The zero-order valence-electron chi connectivity index (χ0n) is 8.50. The summed E-state index contributed by atoms with van der Waals surface area (Å²) in [5.41, 5.74) is -0.210. The summed E-state index contributed by atoms with van der Waals surface area (Å²) in [7, 11) is 3.36. The zero-order valence-corrected chi connectivity index (χ0v) is 10.1. The van der Waals surface area contributed by atoms with E-state index in [9.17, 15) is 0 Å². The maximum atomic E-state index is 5.47. The maximum absolute atomic E-state index is 5.47. The topological polar surface area (TPSA) is 27.7 Å². The van der Waals surface area contributed by atoms with Crippen LogP contribution in [0, 0.1) is 6.42 Å². The van der Waals surface area contributed by atoms with Gasteiger partial charge in [-0.3, -0.25) is 6.42 Å². The molecule has 3 atom stereocenters. The van der Waals surface area contributed by atoms with Gasteiger partial charge in [-0.25, -0.2) is 0 Å². The van der Waals surface area contributed by atoms with Gasteiger partial charge in [0.05, 0.1) is 0 Å². The third kappa shape index (κ3) is 3.63. The van der Waals surface area contributed by atoms with E-state index in [1.54, 1.807) is 14.2 Å². The molecule has 0 spiro atoms. The molecule has 1 heterocycles. The van der Waals surface area contributed by atoms with E-state index in [1.807, 2.05) is 13.8 Å². The predicted octanol–water partition coefficient (Wildman–Crippen LogP) is 1.37. The Balaban J connectivity index is 0.00000144. The molecule has 0 aromatic carbocycles. The summed E-state index contributed by atoms with van der Waals surface area (Å²) in [6.45, 7) is 4.03. The Morgan fingerprint density at radius 3 is 2.54 bits per heavy atom. The van der Waals surface area contributed by atoms with Gasteiger partial charge in [0.1, 0.15) is 0 Å². The molecule has 0 N–H and O–H groups in total. The fraction of sp³-hybridized carbons (Fsp3) is 0.889. The van der Waals surface area contributed by atoms with E-state index in [-0.39, 0.29) is 37.5 Å².